The summed E-state index contributed by atoms with van der Waals surface area (Å²) < 4.78 is 0. The van der Waals surface area contributed by atoms with Crippen LogP contribution in [0.5, 0.6) is 0 Å². The van der Waals surface area contributed by atoms with E-state index in [1.54, 1.807) is 43.0 Å². The van der Waals surface area contributed by atoms with Crippen molar-refractivity contribution in [3.8, 4) is 11.1 Å². The molecular formula is C27H18N4O2. The predicted molar refractivity (Wildman–Crippen MR) is 125 cm³/mol. The second-order valence-electron chi connectivity index (χ2n) is 7.97. The monoisotopic (exact) mass is 430 g/mol. The predicted octanol–water partition coefficient (Wildman–Crippen LogP) is 5.01. The molecule has 5 aromatic rings. The topological polar surface area (TPSA) is 79.0 Å². The van der Waals surface area contributed by atoms with E-state index in [0.717, 1.165) is 33.3 Å². The molecule has 1 atom stereocenters. The summed E-state index contributed by atoms with van der Waals surface area (Å²) in [5.41, 5.74) is 6.11. The largest absolute Gasteiger partial charge is 0.345 e. The van der Waals surface area contributed by atoms with E-state index in [1.807, 2.05) is 54.6 Å². The Bertz CT molecular complexity index is 1490. The standard InChI is InChI=1S/C27H18N4O2/c32-26-21-8-1-2-9-22(21)27(33)31(26)25(19-10-11-23-24(14-19)30-16-29-23)18-6-3-5-17(13-18)20-7-4-12-28-15-20/h1-16,25H,(H,29,30). The number of aromatic amines is 1. The quantitative estimate of drug-likeness (QED) is 0.407. The van der Waals surface area contributed by atoms with Crippen molar-refractivity contribution in [2.75, 3.05) is 0 Å². The van der Waals surface area contributed by atoms with Gasteiger partial charge in [-0.05, 0) is 58.7 Å². The van der Waals surface area contributed by atoms with Crippen LogP contribution in [0.1, 0.15) is 37.9 Å². The van der Waals surface area contributed by atoms with Crippen molar-refractivity contribution in [2.45, 2.75) is 6.04 Å². The first-order valence-corrected chi connectivity index (χ1v) is 10.6. The van der Waals surface area contributed by atoms with Gasteiger partial charge in [-0.1, -0.05) is 42.5 Å². The molecule has 1 unspecified atom stereocenters. The van der Waals surface area contributed by atoms with Crippen LogP contribution in [0.2, 0.25) is 0 Å². The summed E-state index contributed by atoms with van der Waals surface area (Å²) in [6, 6.07) is 23.9. The lowest BCUT2D eigenvalue weighted by Gasteiger charge is -2.27. The van der Waals surface area contributed by atoms with E-state index in [4.69, 9.17) is 0 Å². The van der Waals surface area contributed by atoms with Crippen LogP contribution in [-0.4, -0.2) is 31.7 Å². The van der Waals surface area contributed by atoms with Crippen LogP contribution in [0.4, 0.5) is 0 Å². The normalized spacial score (nSPS) is 14.0. The maximum Gasteiger partial charge on any atom is 0.262 e. The minimum absolute atomic E-state index is 0.294. The molecule has 0 fully saturated rings. The lowest BCUT2D eigenvalue weighted by atomic mass is 9.94. The molecule has 33 heavy (non-hydrogen) atoms. The fourth-order valence-electron chi connectivity index (χ4n) is 4.48. The molecule has 0 saturated heterocycles. The number of pyridine rings is 1. The van der Waals surface area contributed by atoms with Gasteiger partial charge in [0, 0.05) is 12.4 Å². The molecule has 2 amide bonds. The van der Waals surface area contributed by atoms with Gasteiger partial charge in [0.2, 0.25) is 0 Å². The maximum atomic E-state index is 13.4. The molecule has 3 heterocycles. The zero-order chi connectivity index (χ0) is 22.4. The van der Waals surface area contributed by atoms with Crippen LogP contribution in [0, 0.1) is 0 Å². The number of benzene rings is 3. The van der Waals surface area contributed by atoms with Crippen molar-refractivity contribution in [2.24, 2.45) is 0 Å². The summed E-state index contributed by atoms with van der Waals surface area (Å²) in [7, 11) is 0. The third-order valence-corrected chi connectivity index (χ3v) is 6.04. The average molecular weight is 430 g/mol. The molecule has 1 N–H and O–H groups in total. The third kappa shape index (κ3) is 3.11. The molecule has 0 saturated carbocycles. The van der Waals surface area contributed by atoms with Gasteiger partial charge in [0.25, 0.3) is 11.8 Å². The van der Waals surface area contributed by atoms with E-state index in [2.05, 4.69) is 15.0 Å². The van der Waals surface area contributed by atoms with E-state index >= 15 is 0 Å². The Morgan fingerprint density at radius 1 is 0.758 bits per heavy atom. The Labute approximate surface area is 189 Å². The lowest BCUT2D eigenvalue weighted by Crippen LogP contribution is -2.34. The van der Waals surface area contributed by atoms with Crippen molar-refractivity contribution >= 4 is 22.8 Å². The molecule has 6 rings (SSSR count). The van der Waals surface area contributed by atoms with Crippen molar-refractivity contribution in [3.63, 3.8) is 0 Å². The van der Waals surface area contributed by atoms with Gasteiger partial charge in [-0.2, -0.15) is 0 Å². The fraction of sp³-hybridized carbons (Fsp3) is 0.0370. The van der Waals surface area contributed by atoms with Gasteiger partial charge in [-0.3, -0.25) is 19.5 Å². The van der Waals surface area contributed by atoms with Gasteiger partial charge >= 0.3 is 0 Å². The van der Waals surface area contributed by atoms with Crippen molar-refractivity contribution < 1.29 is 9.59 Å². The van der Waals surface area contributed by atoms with Crippen LogP contribution in [0.15, 0.2) is 97.6 Å². The highest BCUT2D eigenvalue weighted by molar-refractivity contribution is 6.21. The first kappa shape index (κ1) is 19.1. The molecule has 3 aromatic carbocycles. The molecule has 0 spiro atoms. The Balaban J connectivity index is 1.54. The average Bonchev–Trinajstić information content (AvgIpc) is 3.44. The first-order chi connectivity index (χ1) is 16.2. The number of amides is 2. The number of carbonyl (C=O) groups excluding carboxylic acids is 2. The molecule has 2 aromatic heterocycles. The molecule has 158 valence electrons. The smallest absolute Gasteiger partial charge is 0.262 e. The Hall–Kier alpha value is -4.58. The Kier molecular flexibility index (Phi) is 4.36. The first-order valence-electron chi connectivity index (χ1n) is 10.6. The summed E-state index contributed by atoms with van der Waals surface area (Å²) in [5, 5.41) is 0. The zero-order valence-electron chi connectivity index (χ0n) is 17.5. The highest BCUT2D eigenvalue weighted by Gasteiger charge is 2.41. The highest BCUT2D eigenvalue weighted by atomic mass is 16.2. The molecule has 6 heteroatoms. The van der Waals surface area contributed by atoms with Crippen LogP contribution in [0.25, 0.3) is 22.2 Å². The number of aromatic nitrogens is 3. The molecule has 1 aliphatic heterocycles. The van der Waals surface area contributed by atoms with Gasteiger partial charge < -0.3 is 4.98 Å². The number of H-pyrrole nitrogens is 1. The summed E-state index contributed by atoms with van der Waals surface area (Å²) in [4.78, 5) is 39.9. The van der Waals surface area contributed by atoms with E-state index in [1.165, 1.54) is 4.90 Å². The number of nitrogens with one attached hydrogen (secondary N) is 1. The number of imide groups is 1. The highest BCUT2D eigenvalue weighted by Crippen LogP contribution is 2.37. The Morgan fingerprint density at radius 2 is 1.52 bits per heavy atom. The SMILES string of the molecule is O=C1c2ccccc2C(=O)N1C(c1cccc(-c2cccnc2)c1)c1ccc2nc[nH]c2c1. The number of rotatable bonds is 4. The number of hydrogen-bond acceptors (Lipinski definition) is 4. The van der Waals surface area contributed by atoms with Crippen molar-refractivity contribution in [1.82, 2.24) is 19.9 Å². The van der Waals surface area contributed by atoms with Gasteiger partial charge in [0.15, 0.2) is 0 Å². The van der Waals surface area contributed by atoms with Gasteiger partial charge in [-0.25, -0.2) is 4.98 Å². The molecule has 0 radical (unpaired) electrons. The lowest BCUT2D eigenvalue weighted by molar-refractivity contribution is 0.0608. The number of fused-ring (bicyclic) bond motifs is 2. The second kappa shape index (κ2) is 7.53. The minimum Gasteiger partial charge on any atom is -0.345 e. The summed E-state index contributed by atoms with van der Waals surface area (Å²) in [5.74, 6) is -0.589. The molecule has 0 bridgehead atoms. The zero-order valence-corrected chi connectivity index (χ0v) is 17.5. The van der Waals surface area contributed by atoms with Gasteiger partial charge in [0.1, 0.15) is 0 Å². The summed E-state index contributed by atoms with van der Waals surface area (Å²) in [6.45, 7) is 0. The van der Waals surface area contributed by atoms with Crippen LogP contribution in [-0.2, 0) is 0 Å². The van der Waals surface area contributed by atoms with Crippen LogP contribution >= 0.6 is 0 Å². The third-order valence-electron chi connectivity index (χ3n) is 6.04. The van der Waals surface area contributed by atoms with Gasteiger partial charge in [-0.15, -0.1) is 0 Å². The minimum atomic E-state index is -0.596. The van der Waals surface area contributed by atoms with E-state index in [9.17, 15) is 9.59 Å². The second-order valence-corrected chi connectivity index (χ2v) is 7.97. The molecular weight excluding hydrogens is 412 g/mol. The van der Waals surface area contributed by atoms with Gasteiger partial charge in [0.05, 0.1) is 34.5 Å². The summed E-state index contributed by atoms with van der Waals surface area (Å²) >= 11 is 0. The molecule has 0 aliphatic carbocycles. The van der Waals surface area contributed by atoms with Crippen LogP contribution < -0.4 is 0 Å². The summed E-state index contributed by atoms with van der Waals surface area (Å²) in [6.07, 6.45) is 5.16. The molecule has 6 nitrogen and oxygen atoms in total. The fourth-order valence-corrected chi connectivity index (χ4v) is 4.48. The number of nitrogens with zero attached hydrogens (tertiary/aromatic N) is 3. The number of carbonyl (C=O) groups is 2. The van der Waals surface area contributed by atoms with E-state index < -0.39 is 6.04 Å². The van der Waals surface area contributed by atoms with E-state index in [-0.39, 0.29) is 11.8 Å². The molecule has 1 aliphatic rings. The number of hydrogen-bond donors (Lipinski definition) is 1. The maximum absolute atomic E-state index is 13.4. The number of imidazole rings is 1. The van der Waals surface area contributed by atoms with Crippen molar-refractivity contribution in [3.05, 3.63) is 120 Å². The Morgan fingerprint density at radius 3 is 2.27 bits per heavy atom. The van der Waals surface area contributed by atoms with Crippen LogP contribution in [0.3, 0.4) is 0 Å². The van der Waals surface area contributed by atoms with E-state index in [0.29, 0.717) is 11.1 Å². The van der Waals surface area contributed by atoms with Crippen molar-refractivity contribution in [1.29, 1.82) is 0 Å².